The van der Waals surface area contributed by atoms with Crippen molar-refractivity contribution in [3.05, 3.63) is 77.6 Å². The Balaban J connectivity index is 1.63. The van der Waals surface area contributed by atoms with E-state index in [1.807, 2.05) is 6.07 Å². The number of carbonyl (C=O) groups excluding carboxylic acids is 1. The Morgan fingerprint density at radius 1 is 1.08 bits per heavy atom. The number of benzene rings is 2. The second kappa shape index (κ2) is 8.20. The molecule has 1 N–H and O–H groups in total. The molecule has 0 aliphatic carbocycles. The molecule has 0 aliphatic heterocycles. The summed E-state index contributed by atoms with van der Waals surface area (Å²) in [5.74, 6) is -0.00453. The van der Waals surface area contributed by atoms with Crippen molar-refractivity contribution >= 4 is 5.91 Å². The lowest BCUT2D eigenvalue weighted by Crippen LogP contribution is -2.25. The summed E-state index contributed by atoms with van der Waals surface area (Å²) in [5, 5.41) is 10.9. The zero-order valence-corrected chi connectivity index (χ0v) is 14.3. The SMILES string of the molecule is COc1ccc(-c2cccc(C(=O)NCCc3ccc(F)cc3)c2)nn1. The van der Waals surface area contributed by atoms with Crippen molar-refractivity contribution in [3.8, 4) is 17.1 Å². The van der Waals surface area contributed by atoms with Crippen molar-refractivity contribution in [1.29, 1.82) is 0 Å². The van der Waals surface area contributed by atoms with E-state index >= 15 is 0 Å². The van der Waals surface area contributed by atoms with Crippen LogP contribution >= 0.6 is 0 Å². The molecule has 5 nitrogen and oxygen atoms in total. The number of halogens is 1. The Labute approximate surface area is 150 Å². The smallest absolute Gasteiger partial charge is 0.251 e. The molecule has 0 atom stereocenters. The zero-order valence-electron chi connectivity index (χ0n) is 14.3. The predicted molar refractivity (Wildman–Crippen MR) is 96.5 cm³/mol. The van der Waals surface area contributed by atoms with E-state index in [0.717, 1.165) is 11.1 Å². The maximum Gasteiger partial charge on any atom is 0.251 e. The molecular weight excluding hydrogens is 333 g/mol. The summed E-state index contributed by atoms with van der Waals surface area (Å²) in [6, 6.07) is 16.9. The first-order valence-electron chi connectivity index (χ1n) is 8.16. The van der Waals surface area contributed by atoms with Gasteiger partial charge in [-0.3, -0.25) is 4.79 Å². The highest BCUT2D eigenvalue weighted by Gasteiger charge is 2.08. The van der Waals surface area contributed by atoms with Crippen LogP contribution < -0.4 is 10.1 Å². The molecule has 0 fully saturated rings. The Morgan fingerprint density at radius 3 is 2.58 bits per heavy atom. The molecule has 1 amide bonds. The van der Waals surface area contributed by atoms with Crippen molar-refractivity contribution in [2.75, 3.05) is 13.7 Å². The van der Waals surface area contributed by atoms with E-state index in [1.54, 1.807) is 42.5 Å². The van der Waals surface area contributed by atoms with Gasteiger partial charge in [-0.15, -0.1) is 10.2 Å². The van der Waals surface area contributed by atoms with Crippen LogP contribution in [0.5, 0.6) is 5.88 Å². The first kappa shape index (κ1) is 17.5. The summed E-state index contributed by atoms with van der Waals surface area (Å²) in [5.41, 5.74) is 2.96. The molecule has 3 rings (SSSR count). The van der Waals surface area contributed by atoms with Crippen molar-refractivity contribution in [2.24, 2.45) is 0 Å². The van der Waals surface area contributed by atoms with E-state index in [0.29, 0.717) is 30.1 Å². The van der Waals surface area contributed by atoms with Gasteiger partial charge >= 0.3 is 0 Å². The van der Waals surface area contributed by atoms with Gasteiger partial charge in [-0.05, 0) is 42.3 Å². The third kappa shape index (κ3) is 4.42. The monoisotopic (exact) mass is 351 g/mol. The van der Waals surface area contributed by atoms with Gasteiger partial charge in [0.15, 0.2) is 0 Å². The van der Waals surface area contributed by atoms with E-state index in [9.17, 15) is 9.18 Å². The molecule has 26 heavy (non-hydrogen) atoms. The summed E-state index contributed by atoms with van der Waals surface area (Å²) in [6.45, 7) is 0.469. The summed E-state index contributed by atoms with van der Waals surface area (Å²) < 4.78 is 17.9. The molecule has 1 aromatic heterocycles. The zero-order chi connectivity index (χ0) is 18.4. The van der Waals surface area contributed by atoms with Crippen LogP contribution in [-0.2, 0) is 6.42 Å². The fraction of sp³-hybridized carbons (Fsp3) is 0.150. The molecule has 0 radical (unpaired) electrons. The van der Waals surface area contributed by atoms with Gasteiger partial charge in [-0.2, -0.15) is 0 Å². The van der Waals surface area contributed by atoms with Gasteiger partial charge in [0.2, 0.25) is 5.88 Å². The molecule has 0 saturated heterocycles. The maximum atomic E-state index is 12.9. The van der Waals surface area contributed by atoms with Crippen LogP contribution in [0.25, 0.3) is 11.3 Å². The van der Waals surface area contributed by atoms with E-state index in [2.05, 4.69) is 15.5 Å². The van der Waals surface area contributed by atoms with Gasteiger partial charge in [-0.25, -0.2) is 4.39 Å². The third-order valence-corrected chi connectivity index (χ3v) is 3.88. The van der Waals surface area contributed by atoms with Crippen LogP contribution in [0.15, 0.2) is 60.7 Å². The molecule has 0 saturated carbocycles. The number of rotatable bonds is 6. The Bertz CT molecular complexity index is 880. The van der Waals surface area contributed by atoms with Crippen molar-refractivity contribution < 1.29 is 13.9 Å². The summed E-state index contributed by atoms with van der Waals surface area (Å²) >= 11 is 0. The number of ether oxygens (including phenoxy) is 1. The lowest BCUT2D eigenvalue weighted by molar-refractivity contribution is 0.0954. The fourth-order valence-electron chi connectivity index (χ4n) is 2.48. The first-order valence-corrected chi connectivity index (χ1v) is 8.16. The number of aromatic nitrogens is 2. The number of nitrogens with zero attached hydrogens (tertiary/aromatic N) is 2. The second-order valence-electron chi connectivity index (χ2n) is 5.67. The summed E-state index contributed by atoms with van der Waals surface area (Å²) in [4.78, 5) is 12.3. The minimum atomic E-state index is -0.267. The average Bonchev–Trinajstić information content (AvgIpc) is 2.69. The van der Waals surface area contributed by atoms with Gasteiger partial charge < -0.3 is 10.1 Å². The van der Waals surface area contributed by atoms with Gasteiger partial charge in [0.25, 0.3) is 5.91 Å². The number of amides is 1. The third-order valence-electron chi connectivity index (χ3n) is 3.88. The normalized spacial score (nSPS) is 10.4. The van der Waals surface area contributed by atoms with Crippen LogP contribution in [-0.4, -0.2) is 29.8 Å². The molecule has 0 unspecified atom stereocenters. The molecule has 0 spiro atoms. The lowest BCUT2D eigenvalue weighted by atomic mass is 10.1. The number of nitrogens with one attached hydrogen (secondary N) is 1. The van der Waals surface area contributed by atoms with Gasteiger partial charge in [0.05, 0.1) is 12.8 Å². The maximum absolute atomic E-state index is 12.9. The molecular formula is C20H18FN3O2. The van der Waals surface area contributed by atoms with Crippen LogP contribution in [0.2, 0.25) is 0 Å². The van der Waals surface area contributed by atoms with Gasteiger partial charge in [0.1, 0.15) is 5.82 Å². The van der Waals surface area contributed by atoms with Gasteiger partial charge in [-0.1, -0.05) is 24.3 Å². The van der Waals surface area contributed by atoms with Crippen molar-refractivity contribution in [3.63, 3.8) is 0 Å². The van der Waals surface area contributed by atoms with Crippen LogP contribution in [0, 0.1) is 5.82 Å². The van der Waals surface area contributed by atoms with Crippen LogP contribution in [0.3, 0.4) is 0 Å². The van der Waals surface area contributed by atoms with E-state index in [4.69, 9.17) is 4.74 Å². The van der Waals surface area contributed by atoms with Gasteiger partial charge in [0, 0.05) is 23.7 Å². The molecule has 0 aliphatic rings. The molecule has 0 bridgehead atoms. The molecule has 2 aromatic carbocycles. The number of hydrogen-bond donors (Lipinski definition) is 1. The minimum absolute atomic E-state index is 0.171. The second-order valence-corrected chi connectivity index (χ2v) is 5.67. The van der Waals surface area contributed by atoms with E-state index < -0.39 is 0 Å². The van der Waals surface area contributed by atoms with Crippen LogP contribution in [0.1, 0.15) is 15.9 Å². The van der Waals surface area contributed by atoms with Crippen LogP contribution in [0.4, 0.5) is 4.39 Å². The molecule has 1 heterocycles. The predicted octanol–water partition coefficient (Wildman–Crippen LogP) is 3.26. The molecule has 6 heteroatoms. The highest BCUT2D eigenvalue weighted by atomic mass is 19.1. The first-order chi connectivity index (χ1) is 12.7. The average molecular weight is 351 g/mol. The molecule has 132 valence electrons. The van der Waals surface area contributed by atoms with E-state index in [-0.39, 0.29) is 11.7 Å². The number of carbonyl (C=O) groups is 1. The Morgan fingerprint density at radius 2 is 1.88 bits per heavy atom. The fourth-order valence-corrected chi connectivity index (χ4v) is 2.48. The largest absolute Gasteiger partial charge is 0.480 e. The summed E-state index contributed by atoms with van der Waals surface area (Å²) in [6.07, 6.45) is 0.635. The number of methoxy groups -OCH3 is 1. The highest BCUT2D eigenvalue weighted by molar-refractivity contribution is 5.95. The minimum Gasteiger partial charge on any atom is -0.480 e. The van der Waals surface area contributed by atoms with Crippen molar-refractivity contribution in [2.45, 2.75) is 6.42 Å². The Hall–Kier alpha value is -3.28. The number of hydrogen-bond acceptors (Lipinski definition) is 4. The molecule has 3 aromatic rings. The Kier molecular flexibility index (Phi) is 5.53. The lowest BCUT2D eigenvalue weighted by Gasteiger charge is -2.07. The summed E-state index contributed by atoms with van der Waals surface area (Å²) in [7, 11) is 1.53. The quantitative estimate of drug-likeness (QED) is 0.740. The van der Waals surface area contributed by atoms with Crippen molar-refractivity contribution in [1.82, 2.24) is 15.5 Å². The van der Waals surface area contributed by atoms with E-state index in [1.165, 1.54) is 19.2 Å². The standard InChI is InChI=1S/C20H18FN3O2/c1-26-19-10-9-18(23-24-19)15-3-2-4-16(13-15)20(25)22-12-11-14-5-7-17(21)8-6-14/h2-10,13H,11-12H2,1H3,(H,22,25). The topological polar surface area (TPSA) is 64.1 Å². The highest BCUT2D eigenvalue weighted by Crippen LogP contribution is 2.19.